The van der Waals surface area contributed by atoms with Crippen LogP contribution in [0.5, 0.6) is 0 Å². The van der Waals surface area contributed by atoms with Crippen LogP contribution >= 0.6 is 27.7 Å². The van der Waals surface area contributed by atoms with E-state index in [0.717, 1.165) is 24.6 Å². The molecule has 2 rings (SSSR count). The van der Waals surface area contributed by atoms with E-state index >= 15 is 0 Å². The smallest absolute Gasteiger partial charge is 0.335 e. The molecule has 18 heavy (non-hydrogen) atoms. The molecule has 1 amide bonds. The third-order valence-electron chi connectivity index (χ3n) is 2.69. The number of amides is 1. The standard InChI is InChI=1S/C12H12BrNO3S/c13-10-6-8(5-9(7-10)12(16)17)11(15)14-1-3-18-4-2-14/h5-7H,1-4H2,(H,16,17). The Morgan fingerprint density at radius 3 is 2.39 bits per heavy atom. The number of benzene rings is 1. The highest BCUT2D eigenvalue weighted by molar-refractivity contribution is 9.10. The number of carboxylic acid groups (broad SMARTS) is 1. The molecule has 96 valence electrons. The molecule has 0 saturated carbocycles. The van der Waals surface area contributed by atoms with Crippen LogP contribution in [0.25, 0.3) is 0 Å². The Bertz CT molecular complexity index is 486. The van der Waals surface area contributed by atoms with Gasteiger partial charge in [0.1, 0.15) is 0 Å². The summed E-state index contributed by atoms with van der Waals surface area (Å²) in [5, 5.41) is 8.98. The second kappa shape index (κ2) is 5.75. The number of carboxylic acids is 1. The Balaban J connectivity index is 2.26. The molecule has 0 aliphatic carbocycles. The van der Waals surface area contributed by atoms with Crippen molar-refractivity contribution in [2.24, 2.45) is 0 Å². The molecular weight excluding hydrogens is 318 g/mol. The van der Waals surface area contributed by atoms with Gasteiger partial charge in [-0.3, -0.25) is 4.79 Å². The molecular formula is C12H12BrNO3S. The van der Waals surface area contributed by atoms with Crippen molar-refractivity contribution in [2.45, 2.75) is 0 Å². The number of thioether (sulfide) groups is 1. The maximum absolute atomic E-state index is 12.2. The van der Waals surface area contributed by atoms with Gasteiger partial charge >= 0.3 is 5.97 Å². The highest BCUT2D eigenvalue weighted by Crippen LogP contribution is 2.19. The summed E-state index contributed by atoms with van der Waals surface area (Å²) in [4.78, 5) is 25.0. The summed E-state index contributed by atoms with van der Waals surface area (Å²) in [7, 11) is 0. The van der Waals surface area contributed by atoms with E-state index < -0.39 is 5.97 Å². The maximum Gasteiger partial charge on any atom is 0.335 e. The third-order valence-corrected chi connectivity index (χ3v) is 4.09. The number of nitrogens with zero attached hydrogens (tertiary/aromatic N) is 1. The average molecular weight is 330 g/mol. The summed E-state index contributed by atoms with van der Waals surface area (Å²) in [6.45, 7) is 1.44. The molecule has 0 aromatic heterocycles. The predicted octanol–water partition coefficient (Wildman–Crippen LogP) is 2.34. The highest BCUT2D eigenvalue weighted by atomic mass is 79.9. The van der Waals surface area contributed by atoms with Crippen molar-refractivity contribution < 1.29 is 14.7 Å². The Morgan fingerprint density at radius 2 is 1.78 bits per heavy atom. The number of halogens is 1. The van der Waals surface area contributed by atoms with E-state index in [-0.39, 0.29) is 11.5 Å². The summed E-state index contributed by atoms with van der Waals surface area (Å²) in [6.07, 6.45) is 0. The molecule has 1 aliphatic heterocycles. The van der Waals surface area contributed by atoms with Gasteiger partial charge in [-0.15, -0.1) is 0 Å². The zero-order valence-corrected chi connectivity index (χ0v) is 12.0. The summed E-state index contributed by atoms with van der Waals surface area (Å²) in [6, 6.07) is 4.58. The number of rotatable bonds is 2. The molecule has 0 bridgehead atoms. The van der Waals surface area contributed by atoms with Gasteiger partial charge in [0.2, 0.25) is 0 Å². The fourth-order valence-electron chi connectivity index (χ4n) is 1.79. The minimum Gasteiger partial charge on any atom is -0.478 e. The van der Waals surface area contributed by atoms with E-state index in [4.69, 9.17) is 5.11 Å². The zero-order valence-electron chi connectivity index (χ0n) is 9.56. The van der Waals surface area contributed by atoms with Crippen LogP contribution in [0, 0.1) is 0 Å². The number of aromatic carboxylic acids is 1. The first kappa shape index (κ1) is 13.4. The van der Waals surface area contributed by atoms with Gasteiger partial charge in [-0.1, -0.05) is 15.9 Å². The van der Waals surface area contributed by atoms with E-state index in [2.05, 4.69) is 15.9 Å². The van der Waals surface area contributed by atoms with E-state index in [0.29, 0.717) is 10.0 Å². The SMILES string of the molecule is O=C(O)c1cc(Br)cc(C(=O)N2CCSCC2)c1. The summed E-state index contributed by atoms with van der Waals surface area (Å²) in [5.41, 5.74) is 0.549. The van der Waals surface area contributed by atoms with Gasteiger partial charge in [0.25, 0.3) is 5.91 Å². The molecule has 4 nitrogen and oxygen atoms in total. The van der Waals surface area contributed by atoms with Crippen molar-refractivity contribution in [3.63, 3.8) is 0 Å². The van der Waals surface area contributed by atoms with Crippen molar-refractivity contribution in [3.05, 3.63) is 33.8 Å². The largest absolute Gasteiger partial charge is 0.478 e. The topological polar surface area (TPSA) is 57.6 Å². The summed E-state index contributed by atoms with van der Waals surface area (Å²) >= 11 is 5.06. The van der Waals surface area contributed by atoms with Gasteiger partial charge in [-0.05, 0) is 18.2 Å². The van der Waals surface area contributed by atoms with Gasteiger partial charge in [0.05, 0.1) is 5.56 Å². The fourth-order valence-corrected chi connectivity index (χ4v) is 3.18. The van der Waals surface area contributed by atoms with E-state index in [1.165, 1.54) is 12.1 Å². The minimum absolute atomic E-state index is 0.0981. The molecule has 1 aromatic rings. The monoisotopic (exact) mass is 329 g/mol. The molecule has 0 spiro atoms. The number of hydrogen-bond donors (Lipinski definition) is 1. The first-order valence-corrected chi connectivity index (χ1v) is 7.43. The average Bonchev–Trinajstić information content (AvgIpc) is 2.38. The molecule has 0 radical (unpaired) electrons. The lowest BCUT2D eigenvalue weighted by Crippen LogP contribution is -2.37. The highest BCUT2D eigenvalue weighted by Gasteiger charge is 2.19. The zero-order chi connectivity index (χ0) is 13.1. The van der Waals surface area contributed by atoms with Gasteiger partial charge < -0.3 is 10.0 Å². The third kappa shape index (κ3) is 3.05. The maximum atomic E-state index is 12.2. The number of carbonyl (C=O) groups is 2. The molecule has 1 N–H and O–H groups in total. The molecule has 1 heterocycles. The molecule has 1 saturated heterocycles. The van der Waals surface area contributed by atoms with Crippen LogP contribution in [-0.2, 0) is 0 Å². The van der Waals surface area contributed by atoms with Gasteiger partial charge in [-0.2, -0.15) is 11.8 Å². The lowest BCUT2D eigenvalue weighted by Gasteiger charge is -2.26. The van der Waals surface area contributed by atoms with Crippen LogP contribution in [0.2, 0.25) is 0 Å². The number of hydrogen-bond acceptors (Lipinski definition) is 3. The Morgan fingerprint density at radius 1 is 1.17 bits per heavy atom. The molecule has 1 aromatic carbocycles. The summed E-state index contributed by atoms with van der Waals surface area (Å²) in [5.74, 6) is 0.746. The molecule has 0 unspecified atom stereocenters. The second-order valence-corrected chi connectivity index (χ2v) is 6.08. The Labute approximate surface area is 117 Å². The van der Waals surface area contributed by atoms with Crippen molar-refractivity contribution in [1.82, 2.24) is 4.90 Å². The Kier molecular flexibility index (Phi) is 4.29. The normalized spacial score (nSPS) is 15.5. The van der Waals surface area contributed by atoms with Crippen LogP contribution in [0.4, 0.5) is 0 Å². The molecule has 1 fully saturated rings. The van der Waals surface area contributed by atoms with Crippen molar-refractivity contribution in [2.75, 3.05) is 24.6 Å². The lowest BCUT2D eigenvalue weighted by molar-refractivity contribution is 0.0697. The van der Waals surface area contributed by atoms with E-state index in [1.807, 2.05) is 11.8 Å². The van der Waals surface area contributed by atoms with Crippen LogP contribution in [0.15, 0.2) is 22.7 Å². The van der Waals surface area contributed by atoms with Crippen LogP contribution in [0.3, 0.4) is 0 Å². The Hall–Kier alpha value is -1.01. The summed E-state index contributed by atoms with van der Waals surface area (Å²) < 4.78 is 0.608. The molecule has 1 aliphatic rings. The van der Waals surface area contributed by atoms with Gasteiger partial charge in [-0.25, -0.2) is 4.79 Å². The van der Waals surface area contributed by atoms with Crippen molar-refractivity contribution in [1.29, 1.82) is 0 Å². The fraction of sp³-hybridized carbons (Fsp3) is 0.333. The number of carbonyl (C=O) groups excluding carboxylic acids is 1. The van der Waals surface area contributed by atoms with E-state index in [9.17, 15) is 9.59 Å². The first-order chi connectivity index (χ1) is 8.58. The quantitative estimate of drug-likeness (QED) is 0.904. The minimum atomic E-state index is -1.03. The van der Waals surface area contributed by atoms with Crippen molar-refractivity contribution >= 4 is 39.6 Å². The van der Waals surface area contributed by atoms with Crippen molar-refractivity contribution in [3.8, 4) is 0 Å². The molecule has 6 heteroatoms. The van der Waals surface area contributed by atoms with Crippen LogP contribution in [-0.4, -0.2) is 46.5 Å². The first-order valence-electron chi connectivity index (χ1n) is 5.49. The van der Waals surface area contributed by atoms with E-state index in [1.54, 1.807) is 11.0 Å². The van der Waals surface area contributed by atoms with Gasteiger partial charge in [0.15, 0.2) is 0 Å². The lowest BCUT2D eigenvalue weighted by atomic mass is 10.1. The molecule has 0 atom stereocenters. The predicted molar refractivity (Wildman–Crippen MR) is 74.3 cm³/mol. The van der Waals surface area contributed by atoms with Crippen LogP contribution < -0.4 is 0 Å². The second-order valence-electron chi connectivity index (χ2n) is 3.94. The van der Waals surface area contributed by atoms with Gasteiger partial charge in [0, 0.05) is 34.6 Å². The van der Waals surface area contributed by atoms with Crippen LogP contribution in [0.1, 0.15) is 20.7 Å².